The van der Waals surface area contributed by atoms with Crippen LogP contribution >= 0.6 is 0 Å². The number of hydrogen-bond acceptors (Lipinski definition) is 5. The van der Waals surface area contributed by atoms with E-state index in [9.17, 15) is 40.4 Å². The molecule has 9 nitrogen and oxygen atoms in total. The van der Waals surface area contributed by atoms with Gasteiger partial charge in [-0.15, -0.1) is 0 Å². The highest BCUT2D eigenvalue weighted by molar-refractivity contribution is 7.91. The Bertz CT molecular complexity index is 906. The second-order valence-electron chi connectivity index (χ2n) is 6.01. The molecule has 0 unspecified atom stereocenters. The highest BCUT2D eigenvalue weighted by Gasteiger charge is 2.39. The van der Waals surface area contributed by atoms with Crippen molar-refractivity contribution in [2.24, 2.45) is 0 Å². The van der Waals surface area contributed by atoms with Crippen LogP contribution in [0.5, 0.6) is 0 Å². The monoisotopic (exact) mass is 440 g/mol. The number of carbonyl (C=O) groups excluding carboxylic acids is 3. The zero-order valence-electron chi connectivity index (χ0n) is 14.7. The number of sulfone groups is 1. The third-order valence-electron chi connectivity index (χ3n) is 3.92. The summed E-state index contributed by atoms with van der Waals surface area (Å²) < 4.78 is 72.9. The summed E-state index contributed by atoms with van der Waals surface area (Å²) in [5, 5.41) is 2.41. The van der Waals surface area contributed by atoms with Gasteiger partial charge in [-0.1, -0.05) is 6.07 Å². The van der Waals surface area contributed by atoms with E-state index in [0.717, 1.165) is 23.6 Å². The number of nitrogens with zero attached hydrogens (tertiary/aromatic N) is 1. The van der Waals surface area contributed by atoms with E-state index in [0.29, 0.717) is 0 Å². The predicted octanol–water partition coefficient (Wildman–Crippen LogP) is 0.0890. The number of alkyl halides is 3. The second-order valence-corrected chi connectivity index (χ2v) is 8.31. The lowest BCUT2D eigenvalue weighted by Crippen LogP contribution is -2.48. The van der Waals surface area contributed by atoms with Crippen molar-refractivity contribution in [1.82, 2.24) is 21.1 Å². The molecule has 1 aliphatic rings. The van der Waals surface area contributed by atoms with Gasteiger partial charge in [0.2, 0.25) is 0 Å². The third-order valence-corrected chi connectivity index (χ3v) is 5.53. The molecule has 0 bridgehead atoms. The van der Waals surface area contributed by atoms with Gasteiger partial charge in [0, 0.05) is 30.8 Å². The first-order valence-corrected chi connectivity index (χ1v) is 9.90. The lowest BCUT2D eigenvalue weighted by Gasteiger charge is -2.26. The zero-order valence-corrected chi connectivity index (χ0v) is 15.5. The molecule has 3 N–H and O–H groups in total. The molecule has 1 aliphatic heterocycles. The average Bonchev–Trinajstić information content (AvgIpc) is 2.63. The van der Waals surface area contributed by atoms with Gasteiger partial charge in [-0.05, 0) is 12.1 Å². The molecular formula is C15H16F4N4O5S. The van der Waals surface area contributed by atoms with Gasteiger partial charge in [0.25, 0.3) is 5.91 Å². The fourth-order valence-electron chi connectivity index (χ4n) is 2.29. The Morgan fingerprint density at radius 3 is 2.24 bits per heavy atom. The molecule has 0 spiro atoms. The van der Waals surface area contributed by atoms with Crippen LogP contribution in [0.15, 0.2) is 18.2 Å². The average molecular weight is 440 g/mol. The molecule has 160 valence electrons. The maximum atomic E-state index is 14.1. The predicted molar refractivity (Wildman–Crippen MR) is 90.5 cm³/mol. The summed E-state index contributed by atoms with van der Waals surface area (Å²) in [6.45, 7) is -0.237. The van der Waals surface area contributed by atoms with E-state index in [1.807, 2.05) is 0 Å². The summed E-state index contributed by atoms with van der Waals surface area (Å²) in [6.07, 6.45) is -5.20. The Morgan fingerprint density at radius 2 is 1.69 bits per heavy atom. The van der Waals surface area contributed by atoms with Crippen molar-refractivity contribution in [3.63, 3.8) is 0 Å². The zero-order chi connectivity index (χ0) is 21.8. The highest BCUT2D eigenvalue weighted by atomic mass is 32.2. The number of nitrogens with one attached hydrogen (secondary N) is 3. The molecule has 1 fully saturated rings. The summed E-state index contributed by atoms with van der Waals surface area (Å²) in [6, 6.07) is 2.37. The molecular weight excluding hydrogens is 424 g/mol. The minimum atomic E-state index is -5.20. The topological polar surface area (TPSA) is 125 Å². The van der Waals surface area contributed by atoms with Gasteiger partial charge < -0.3 is 10.2 Å². The Kier molecular flexibility index (Phi) is 6.66. The fourth-order valence-corrected chi connectivity index (χ4v) is 3.49. The van der Waals surface area contributed by atoms with Crippen LogP contribution in [0.1, 0.15) is 15.9 Å². The molecule has 1 aromatic rings. The van der Waals surface area contributed by atoms with E-state index in [4.69, 9.17) is 0 Å². The van der Waals surface area contributed by atoms with Crippen molar-refractivity contribution in [2.45, 2.75) is 12.7 Å². The minimum absolute atomic E-state index is 0.0133. The first-order chi connectivity index (χ1) is 13.4. The van der Waals surface area contributed by atoms with Gasteiger partial charge in [0.1, 0.15) is 5.82 Å². The molecule has 0 radical (unpaired) electrons. The van der Waals surface area contributed by atoms with Crippen LogP contribution in [0.25, 0.3) is 0 Å². The largest absolute Gasteiger partial charge is 0.472 e. The van der Waals surface area contributed by atoms with Gasteiger partial charge in [-0.3, -0.25) is 20.4 Å². The van der Waals surface area contributed by atoms with Crippen LogP contribution < -0.4 is 16.2 Å². The van der Waals surface area contributed by atoms with Crippen molar-refractivity contribution >= 4 is 27.7 Å². The number of hydrazine groups is 1. The van der Waals surface area contributed by atoms with Crippen LogP contribution in [0.4, 0.5) is 22.4 Å². The SMILES string of the molecule is O=C(NNC(=O)C(F)(F)F)c1ccc(CNC(=O)N2CCS(=O)(=O)CC2)c(F)c1. The van der Waals surface area contributed by atoms with Crippen LogP contribution in [-0.4, -0.2) is 61.9 Å². The van der Waals surface area contributed by atoms with Gasteiger partial charge in [-0.2, -0.15) is 13.2 Å². The van der Waals surface area contributed by atoms with Crippen molar-refractivity contribution in [3.8, 4) is 0 Å². The quantitative estimate of drug-likeness (QED) is 0.454. The fraction of sp³-hybridized carbons (Fsp3) is 0.400. The minimum Gasteiger partial charge on any atom is -0.334 e. The molecule has 0 saturated carbocycles. The molecule has 1 saturated heterocycles. The Hall–Kier alpha value is -2.90. The van der Waals surface area contributed by atoms with Crippen molar-refractivity contribution in [1.29, 1.82) is 0 Å². The lowest BCUT2D eigenvalue weighted by molar-refractivity contribution is -0.174. The van der Waals surface area contributed by atoms with E-state index in [2.05, 4.69) is 5.32 Å². The molecule has 2 rings (SSSR count). The van der Waals surface area contributed by atoms with E-state index in [-0.39, 0.29) is 42.3 Å². The summed E-state index contributed by atoms with van der Waals surface area (Å²) in [4.78, 5) is 35.6. The number of hydrogen-bond donors (Lipinski definition) is 3. The summed E-state index contributed by atoms with van der Waals surface area (Å²) in [5.74, 6) is -4.81. The number of benzene rings is 1. The maximum absolute atomic E-state index is 14.1. The molecule has 0 aliphatic carbocycles. The normalized spacial score (nSPS) is 16.1. The number of rotatable bonds is 3. The maximum Gasteiger partial charge on any atom is 0.472 e. The van der Waals surface area contributed by atoms with Gasteiger partial charge >= 0.3 is 18.1 Å². The molecule has 29 heavy (non-hydrogen) atoms. The molecule has 0 aromatic heterocycles. The summed E-state index contributed by atoms with van der Waals surface area (Å²) in [7, 11) is -3.16. The molecule has 14 heteroatoms. The van der Waals surface area contributed by atoms with Crippen LogP contribution in [-0.2, 0) is 21.2 Å². The van der Waals surface area contributed by atoms with E-state index < -0.39 is 39.7 Å². The number of carbonyl (C=O) groups is 3. The molecule has 1 aromatic carbocycles. The summed E-state index contributed by atoms with van der Waals surface area (Å²) in [5.41, 5.74) is 2.27. The van der Waals surface area contributed by atoms with Crippen molar-refractivity contribution < 1.29 is 40.4 Å². The van der Waals surface area contributed by atoms with Gasteiger partial charge in [0.05, 0.1) is 11.5 Å². The third kappa shape index (κ3) is 6.30. The number of halogens is 4. The Balaban J connectivity index is 1.90. The standard InChI is InChI=1S/C15H16F4N4O5S/c16-11-7-9(12(24)21-22-13(25)15(17,18)19)1-2-10(11)8-20-14(26)23-3-5-29(27,28)6-4-23/h1-2,7H,3-6,8H2,(H,20,26)(H,21,24)(H,22,25). The van der Waals surface area contributed by atoms with Gasteiger partial charge in [0.15, 0.2) is 9.84 Å². The van der Waals surface area contributed by atoms with Crippen LogP contribution in [0, 0.1) is 5.82 Å². The van der Waals surface area contributed by atoms with Gasteiger partial charge in [-0.25, -0.2) is 17.6 Å². The van der Waals surface area contributed by atoms with E-state index in [1.54, 1.807) is 0 Å². The number of urea groups is 1. The van der Waals surface area contributed by atoms with Crippen molar-refractivity contribution in [2.75, 3.05) is 24.6 Å². The molecule has 4 amide bonds. The highest BCUT2D eigenvalue weighted by Crippen LogP contribution is 2.14. The summed E-state index contributed by atoms with van der Waals surface area (Å²) >= 11 is 0. The first-order valence-electron chi connectivity index (χ1n) is 8.08. The van der Waals surface area contributed by atoms with Crippen LogP contribution in [0.2, 0.25) is 0 Å². The first kappa shape index (κ1) is 22.4. The lowest BCUT2D eigenvalue weighted by atomic mass is 10.1. The molecule has 0 atom stereocenters. The second kappa shape index (κ2) is 8.63. The smallest absolute Gasteiger partial charge is 0.334 e. The van der Waals surface area contributed by atoms with E-state index >= 15 is 0 Å². The Morgan fingerprint density at radius 1 is 1.07 bits per heavy atom. The molecule has 1 heterocycles. The number of amides is 4. The van der Waals surface area contributed by atoms with Crippen LogP contribution in [0.3, 0.4) is 0 Å². The van der Waals surface area contributed by atoms with Crippen molar-refractivity contribution in [3.05, 3.63) is 35.1 Å². The Labute approximate surface area is 162 Å². The van der Waals surface area contributed by atoms with E-state index in [1.165, 1.54) is 10.3 Å².